The van der Waals surface area contributed by atoms with Crippen molar-refractivity contribution in [1.29, 1.82) is 0 Å². The highest BCUT2D eigenvalue weighted by Crippen LogP contribution is 2.59. The van der Waals surface area contributed by atoms with Crippen molar-refractivity contribution in [1.82, 2.24) is 15.2 Å². The Hall–Kier alpha value is -3.78. The molecule has 5 aliphatic rings. The number of carbonyl (C=O) groups excluding carboxylic acids is 1. The fourth-order valence-corrected chi connectivity index (χ4v) is 9.22. The predicted octanol–water partition coefficient (Wildman–Crippen LogP) is 6.43. The smallest absolute Gasteiger partial charge is 0.251 e. The van der Waals surface area contributed by atoms with Gasteiger partial charge < -0.3 is 24.4 Å². The Morgan fingerprint density at radius 1 is 0.870 bits per heavy atom. The van der Waals surface area contributed by atoms with E-state index in [9.17, 15) is 4.79 Å². The van der Waals surface area contributed by atoms with Gasteiger partial charge in [-0.3, -0.25) is 14.7 Å². The molecule has 244 valence electrons. The van der Waals surface area contributed by atoms with Gasteiger partial charge in [0.2, 0.25) is 0 Å². The second-order valence-corrected chi connectivity index (χ2v) is 14.1. The minimum atomic E-state index is 0.0688. The molecule has 1 aromatic heterocycles. The number of ether oxygens (including phenoxy) is 3. The number of amides is 1. The van der Waals surface area contributed by atoms with Crippen LogP contribution in [-0.2, 0) is 6.54 Å². The first kappa shape index (κ1) is 30.9. The number of carbonyl (C=O) groups is 1. The zero-order valence-electron chi connectivity index (χ0n) is 27.6. The van der Waals surface area contributed by atoms with E-state index in [4.69, 9.17) is 14.2 Å². The summed E-state index contributed by atoms with van der Waals surface area (Å²) in [5.74, 6) is 5.12. The van der Waals surface area contributed by atoms with E-state index in [0.29, 0.717) is 12.0 Å². The second kappa shape index (κ2) is 13.1. The third-order valence-corrected chi connectivity index (χ3v) is 11.0. The number of benzene rings is 2. The van der Waals surface area contributed by atoms with Gasteiger partial charge in [0.1, 0.15) is 17.2 Å². The molecule has 8 rings (SSSR count). The molecule has 0 spiro atoms. The summed E-state index contributed by atoms with van der Waals surface area (Å²) >= 11 is 0. The molecule has 2 heterocycles. The van der Waals surface area contributed by atoms with Crippen LogP contribution in [0.4, 0.5) is 5.69 Å². The van der Waals surface area contributed by atoms with Crippen LogP contribution in [0.15, 0.2) is 54.9 Å². The molecule has 0 atom stereocenters. The number of methoxy groups -OCH3 is 2. The van der Waals surface area contributed by atoms with Crippen molar-refractivity contribution in [3.63, 3.8) is 0 Å². The molecule has 8 heteroatoms. The maximum atomic E-state index is 13.1. The molecule has 8 nitrogen and oxygen atoms in total. The monoisotopic (exact) mass is 624 g/mol. The fraction of sp³-hybridized carbons (Fsp3) is 0.526. The number of pyridine rings is 1. The van der Waals surface area contributed by atoms with Gasteiger partial charge in [0.25, 0.3) is 5.91 Å². The first-order valence-electron chi connectivity index (χ1n) is 17.1. The molecular weight excluding hydrogens is 576 g/mol. The molecular formula is C38H48N4O4. The lowest BCUT2D eigenvalue weighted by Gasteiger charge is -2.56. The minimum absolute atomic E-state index is 0.0688. The molecule has 46 heavy (non-hydrogen) atoms. The van der Waals surface area contributed by atoms with Crippen molar-refractivity contribution in [2.45, 2.75) is 52.0 Å². The van der Waals surface area contributed by atoms with E-state index in [2.05, 4.69) is 44.4 Å². The maximum Gasteiger partial charge on any atom is 0.251 e. The van der Waals surface area contributed by atoms with E-state index in [-0.39, 0.29) is 5.91 Å². The Labute approximate surface area is 273 Å². The summed E-state index contributed by atoms with van der Waals surface area (Å²) in [5.41, 5.74) is 5.25. The second-order valence-electron chi connectivity index (χ2n) is 14.1. The highest BCUT2D eigenvalue weighted by atomic mass is 16.5. The van der Waals surface area contributed by atoms with E-state index in [1.807, 2.05) is 31.3 Å². The predicted molar refractivity (Wildman–Crippen MR) is 181 cm³/mol. The lowest BCUT2D eigenvalue weighted by Crippen LogP contribution is -2.51. The van der Waals surface area contributed by atoms with E-state index >= 15 is 0 Å². The summed E-state index contributed by atoms with van der Waals surface area (Å²) in [6.07, 6.45) is 11.8. The van der Waals surface area contributed by atoms with Crippen LogP contribution in [-0.4, -0.2) is 69.3 Å². The number of anilines is 1. The average molecular weight is 625 g/mol. The molecule has 4 bridgehead atoms. The number of hydrogen-bond acceptors (Lipinski definition) is 7. The zero-order chi connectivity index (χ0) is 31.7. The molecule has 1 amide bonds. The molecule has 0 radical (unpaired) electrons. The summed E-state index contributed by atoms with van der Waals surface area (Å²) < 4.78 is 17.4. The molecule has 1 saturated heterocycles. The Bertz CT molecular complexity index is 1470. The van der Waals surface area contributed by atoms with Crippen LogP contribution in [0.3, 0.4) is 0 Å². The molecule has 4 aliphatic carbocycles. The van der Waals surface area contributed by atoms with Gasteiger partial charge in [0, 0.05) is 62.3 Å². The van der Waals surface area contributed by atoms with E-state index in [0.717, 1.165) is 96.5 Å². The highest BCUT2D eigenvalue weighted by molar-refractivity contribution is 5.94. The lowest BCUT2D eigenvalue weighted by atomic mass is 9.49. The topological polar surface area (TPSA) is 76.2 Å². The summed E-state index contributed by atoms with van der Waals surface area (Å²) in [5, 5.41) is 3.33. The maximum absolute atomic E-state index is 13.1. The van der Waals surface area contributed by atoms with Crippen molar-refractivity contribution < 1.29 is 19.0 Å². The first-order chi connectivity index (χ1) is 22.4. The fourth-order valence-electron chi connectivity index (χ4n) is 9.22. The molecule has 4 saturated carbocycles. The quantitative estimate of drug-likeness (QED) is 0.263. The average Bonchev–Trinajstić information content (AvgIpc) is 3.07. The number of piperazine rings is 1. The Morgan fingerprint density at radius 3 is 2.09 bits per heavy atom. The van der Waals surface area contributed by atoms with Crippen molar-refractivity contribution >= 4 is 11.6 Å². The minimum Gasteiger partial charge on any atom is -0.496 e. The van der Waals surface area contributed by atoms with Gasteiger partial charge in [0.05, 0.1) is 32.6 Å². The molecule has 3 aromatic rings. The largest absolute Gasteiger partial charge is 0.496 e. The Morgan fingerprint density at radius 2 is 1.50 bits per heavy atom. The van der Waals surface area contributed by atoms with Gasteiger partial charge in [-0.25, -0.2) is 0 Å². The van der Waals surface area contributed by atoms with Gasteiger partial charge in [0.15, 0.2) is 0 Å². The first-order valence-corrected chi connectivity index (χ1v) is 17.1. The van der Waals surface area contributed by atoms with Crippen LogP contribution in [0.25, 0.3) is 11.1 Å². The Kier molecular flexibility index (Phi) is 8.82. The van der Waals surface area contributed by atoms with Gasteiger partial charge >= 0.3 is 0 Å². The number of nitrogens with one attached hydrogen (secondary N) is 1. The van der Waals surface area contributed by atoms with Crippen LogP contribution < -0.4 is 24.4 Å². The molecule has 2 aromatic carbocycles. The standard InChI is InChI=1S/C38H48N4O4/c1-4-46-33-16-31(22-39-23-33)30-17-35(44-2)34(36(18-30)45-3)24-41-9-11-42(12-10-41)32-7-5-29(6-8-32)37(43)40-25-38-19-26-13-27(20-38)15-28(14-26)21-38/h5-8,16-18,22-23,26-28H,4,9-15,19-21,24-25H2,1-3H3,(H,40,43). The van der Waals surface area contributed by atoms with Gasteiger partial charge in [-0.05, 0) is 117 Å². The van der Waals surface area contributed by atoms with Crippen LogP contribution in [0.1, 0.15) is 61.4 Å². The van der Waals surface area contributed by atoms with Crippen molar-refractivity contribution in [2.75, 3.05) is 58.5 Å². The van der Waals surface area contributed by atoms with Crippen LogP contribution in [0, 0.1) is 23.2 Å². The molecule has 1 aliphatic heterocycles. The van der Waals surface area contributed by atoms with E-state index in [1.54, 1.807) is 20.4 Å². The summed E-state index contributed by atoms with van der Waals surface area (Å²) in [7, 11) is 3.42. The molecule has 1 N–H and O–H groups in total. The van der Waals surface area contributed by atoms with Crippen molar-refractivity contribution in [3.8, 4) is 28.4 Å². The van der Waals surface area contributed by atoms with E-state index < -0.39 is 0 Å². The van der Waals surface area contributed by atoms with Crippen molar-refractivity contribution in [2.24, 2.45) is 23.2 Å². The molecule has 5 fully saturated rings. The van der Waals surface area contributed by atoms with Gasteiger partial charge in [-0.15, -0.1) is 0 Å². The lowest BCUT2D eigenvalue weighted by molar-refractivity contribution is -0.0503. The van der Waals surface area contributed by atoms with Crippen LogP contribution in [0.2, 0.25) is 0 Å². The van der Waals surface area contributed by atoms with Gasteiger partial charge in [-0.2, -0.15) is 0 Å². The number of nitrogens with zero attached hydrogens (tertiary/aromatic N) is 3. The summed E-state index contributed by atoms with van der Waals surface area (Å²) in [6.45, 7) is 7.80. The summed E-state index contributed by atoms with van der Waals surface area (Å²) in [6, 6.07) is 14.3. The van der Waals surface area contributed by atoms with Crippen LogP contribution >= 0.6 is 0 Å². The van der Waals surface area contributed by atoms with Gasteiger partial charge in [-0.1, -0.05) is 0 Å². The summed E-state index contributed by atoms with van der Waals surface area (Å²) in [4.78, 5) is 22.3. The third kappa shape index (κ3) is 6.41. The van der Waals surface area contributed by atoms with E-state index in [1.165, 1.54) is 44.2 Å². The number of aromatic nitrogens is 1. The zero-order valence-corrected chi connectivity index (χ0v) is 27.6. The normalized spacial score (nSPS) is 25.4. The number of hydrogen-bond donors (Lipinski definition) is 1. The number of rotatable bonds is 11. The third-order valence-electron chi connectivity index (χ3n) is 11.0. The van der Waals surface area contributed by atoms with Crippen molar-refractivity contribution in [3.05, 3.63) is 66.0 Å². The SMILES string of the molecule is CCOc1cncc(-c2cc(OC)c(CN3CCN(c4ccc(C(=O)NCC56CC7CC(CC(C7)C5)C6)cc4)CC3)c(OC)c2)c1. The molecule has 0 unspecified atom stereocenters. The highest BCUT2D eigenvalue weighted by Gasteiger charge is 2.50. The van der Waals surface area contributed by atoms with Crippen LogP contribution in [0.5, 0.6) is 17.2 Å². The Balaban J connectivity index is 0.946.